The van der Waals surface area contributed by atoms with E-state index in [0.29, 0.717) is 6.42 Å². The maximum atomic E-state index is 11.2. The van der Waals surface area contributed by atoms with Crippen molar-refractivity contribution in [2.24, 2.45) is 0 Å². The summed E-state index contributed by atoms with van der Waals surface area (Å²) >= 11 is 2.99. The van der Waals surface area contributed by atoms with E-state index in [2.05, 4.69) is 9.72 Å². The second-order valence-electron chi connectivity index (χ2n) is 3.59. The predicted molar refractivity (Wildman–Crippen MR) is 70.2 cm³/mol. The van der Waals surface area contributed by atoms with E-state index in [1.54, 1.807) is 0 Å². The van der Waals surface area contributed by atoms with Gasteiger partial charge in [0.1, 0.15) is 4.34 Å². The van der Waals surface area contributed by atoms with Crippen LogP contribution in [0.15, 0.2) is 4.34 Å². The fraction of sp³-hybridized carbons (Fsp3) is 0.545. The van der Waals surface area contributed by atoms with E-state index in [1.807, 2.05) is 6.92 Å². The van der Waals surface area contributed by atoms with E-state index < -0.39 is 5.97 Å². The number of nitrogens with zero attached hydrogens (tertiary/aromatic N) is 1. The predicted octanol–water partition coefficient (Wildman–Crippen LogP) is 2.12. The Morgan fingerprint density at radius 3 is 2.83 bits per heavy atom. The molecule has 0 fully saturated rings. The molecule has 1 heterocycles. The monoisotopic (exact) mass is 289 g/mol. The largest absolute Gasteiger partial charge is 0.481 e. The highest BCUT2D eigenvalue weighted by Crippen LogP contribution is 2.28. The van der Waals surface area contributed by atoms with Crippen molar-refractivity contribution in [3.63, 3.8) is 0 Å². The highest BCUT2D eigenvalue weighted by molar-refractivity contribution is 8.01. The van der Waals surface area contributed by atoms with E-state index in [0.717, 1.165) is 20.7 Å². The summed E-state index contributed by atoms with van der Waals surface area (Å²) in [6.45, 7) is 1.86. The summed E-state index contributed by atoms with van der Waals surface area (Å²) in [4.78, 5) is 26.8. The molecule has 100 valence electrons. The number of carbonyl (C=O) groups is 2. The Morgan fingerprint density at radius 1 is 1.50 bits per heavy atom. The number of aryl methyl sites for hydroxylation is 1. The Labute approximate surface area is 114 Å². The highest BCUT2D eigenvalue weighted by Gasteiger charge is 2.12. The number of rotatable bonds is 7. The average molecular weight is 289 g/mol. The molecule has 0 aliphatic heterocycles. The third-order valence-corrected chi connectivity index (χ3v) is 4.55. The Morgan fingerprint density at radius 2 is 2.22 bits per heavy atom. The highest BCUT2D eigenvalue weighted by atomic mass is 32.2. The second kappa shape index (κ2) is 7.38. The number of esters is 1. The first kappa shape index (κ1) is 15.0. The molecular formula is C11H15NO4S2. The first-order valence-electron chi connectivity index (χ1n) is 5.40. The molecule has 1 rings (SSSR count). The molecule has 1 aromatic rings. The van der Waals surface area contributed by atoms with Crippen molar-refractivity contribution in [1.82, 2.24) is 4.98 Å². The molecule has 0 spiro atoms. The summed E-state index contributed by atoms with van der Waals surface area (Å²) in [6, 6.07) is 0. The van der Waals surface area contributed by atoms with E-state index in [4.69, 9.17) is 5.11 Å². The quantitative estimate of drug-likeness (QED) is 0.471. The van der Waals surface area contributed by atoms with Crippen LogP contribution in [0.2, 0.25) is 0 Å². The number of carboxylic acids is 1. The number of carbonyl (C=O) groups excluding carboxylic acids is 1. The van der Waals surface area contributed by atoms with Gasteiger partial charge in [0.15, 0.2) is 0 Å². The standard InChI is InChI=1S/C11H15NO4S2/c1-7-8(6-10(15)16-2)18-11(12-7)17-5-3-4-9(13)14/h3-6H2,1-2H3,(H,13,14). The summed E-state index contributed by atoms with van der Waals surface area (Å²) in [5.74, 6) is -0.335. The van der Waals surface area contributed by atoms with Crippen molar-refractivity contribution in [2.45, 2.75) is 30.5 Å². The Bertz CT molecular complexity index is 431. The lowest BCUT2D eigenvalue weighted by Gasteiger charge is -1.96. The molecule has 0 saturated heterocycles. The third-order valence-electron chi connectivity index (χ3n) is 2.17. The number of thioether (sulfide) groups is 1. The lowest BCUT2D eigenvalue weighted by atomic mass is 10.3. The average Bonchev–Trinajstić information content (AvgIpc) is 2.65. The van der Waals surface area contributed by atoms with Gasteiger partial charge in [0.2, 0.25) is 0 Å². The van der Waals surface area contributed by atoms with E-state index in [-0.39, 0.29) is 18.8 Å². The molecule has 18 heavy (non-hydrogen) atoms. The van der Waals surface area contributed by atoms with Gasteiger partial charge in [0.25, 0.3) is 0 Å². The molecule has 0 aliphatic rings. The van der Waals surface area contributed by atoms with Crippen LogP contribution in [-0.4, -0.2) is 34.9 Å². The van der Waals surface area contributed by atoms with Gasteiger partial charge < -0.3 is 9.84 Å². The minimum absolute atomic E-state index is 0.173. The zero-order valence-electron chi connectivity index (χ0n) is 10.3. The van der Waals surface area contributed by atoms with Crippen LogP contribution in [-0.2, 0) is 20.7 Å². The van der Waals surface area contributed by atoms with Gasteiger partial charge in [-0.2, -0.15) is 0 Å². The third kappa shape index (κ3) is 5.05. The number of thiazole rings is 1. The van der Waals surface area contributed by atoms with Gasteiger partial charge in [-0.3, -0.25) is 9.59 Å². The number of carboxylic acid groups (broad SMARTS) is 1. The van der Waals surface area contributed by atoms with E-state index in [9.17, 15) is 9.59 Å². The van der Waals surface area contributed by atoms with Gasteiger partial charge in [-0.25, -0.2) is 4.98 Å². The fourth-order valence-electron chi connectivity index (χ4n) is 1.21. The van der Waals surface area contributed by atoms with Crippen LogP contribution in [0.3, 0.4) is 0 Å². The second-order valence-corrected chi connectivity index (χ2v) is 6.01. The molecule has 0 saturated carbocycles. The maximum Gasteiger partial charge on any atom is 0.310 e. The summed E-state index contributed by atoms with van der Waals surface area (Å²) in [5, 5.41) is 8.51. The Kier molecular flexibility index (Phi) is 6.14. The van der Waals surface area contributed by atoms with Crippen LogP contribution >= 0.6 is 23.1 Å². The van der Waals surface area contributed by atoms with Gasteiger partial charge in [-0.05, 0) is 13.3 Å². The zero-order chi connectivity index (χ0) is 13.5. The summed E-state index contributed by atoms with van der Waals surface area (Å²) in [7, 11) is 1.36. The van der Waals surface area contributed by atoms with Crippen LogP contribution in [0.25, 0.3) is 0 Å². The number of aliphatic carboxylic acids is 1. The molecule has 0 atom stereocenters. The van der Waals surface area contributed by atoms with Gasteiger partial charge >= 0.3 is 11.9 Å². The molecule has 0 aromatic carbocycles. The van der Waals surface area contributed by atoms with Crippen molar-refractivity contribution in [1.29, 1.82) is 0 Å². The smallest absolute Gasteiger partial charge is 0.310 e. The van der Waals surface area contributed by atoms with Crippen LogP contribution < -0.4 is 0 Å². The number of ether oxygens (including phenoxy) is 1. The van der Waals surface area contributed by atoms with Crippen molar-refractivity contribution >= 4 is 35.0 Å². The lowest BCUT2D eigenvalue weighted by molar-refractivity contribution is -0.140. The van der Waals surface area contributed by atoms with Crippen LogP contribution in [0.1, 0.15) is 23.4 Å². The molecule has 5 nitrogen and oxygen atoms in total. The Balaban J connectivity index is 2.45. The molecule has 1 aromatic heterocycles. The zero-order valence-corrected chi connectivity index (χ0v) is 11.9. The van der Waals surface area contributed by atoms with Crippen molar-refractivity contribution in [3.05, 3.63) is 10.6 Å². The van der Waals surface area contributed by atoms with E-state index in [1.165, 1.54) is 30.2 Å². The number of aromatic nitrogens is 1. The van der Waals surface area contributed by atoms with E-state index >= 15 is 0 Å². The molecule has 0 aliphatic carbocycles. The normalized spacial score (nSPS) is 10.3. The molecule has 0 radical (unpaired) electrons. The molecule has 1 N–H and O–H groups in total. The van der Waals surface area contributed by atoms with Crippen molar-refractivity contribution in [3.8, 4) is 0 Å². The first-order valence-corrected chi connectivity index (χ1v) is 7.21. The van der Waals surface area contributed by atoms with Gasteiger partial charge in [-0.1, -0.05) is 11.8 Å². The van der Waals surface area contributed by atoms with Crippen LogP contribution in [0.4, 0.5) is 0 Å². The number of methoxy groups -OCH3 is 1. The number of hydrogen-bond acceptors (Lipinski definition) is 6. The van der Waals surface area contributed by atoms with Crippen LogP contribution in [0, 0.1) is 6.92 Å². The number of hydrogen-bond donors (Lipinski definition) is 1. The summed E-state index contributed by atoms with van der Waals surface area (Å²) < 4.78 is 5.48. The maximum absolute atomic E-state index is 11.2. The summed E-state index contributed by atoms with van der Waals surface area (Å²) in [5.41, 5.74) is 0.839. The lowest BCUT2D eigenvalue weighted by Crippen LogP contribution is -2.03. The SMILES string of the molecule is COC(=O)Cc1sc(SCCCC(=O)O)nc1C. The van der Waals surface area contributed by atoms with Gasteiger partial charge in [-0.15, -0.1) is 11.3 Å². The minimum Gasteiger partial charge on any atom is -0.481 e. The molecule has 7 heteroatoms. The van der Waals surface area contributed by atoms with Crippen molar-refractivity contribution < 1.29 is 19.4 Å². The van der Waals surface area contributed by atoms with Gasteiger partial charge in [0, 0.05) is 17.1 Å². The molecule has 0 amide bonds. The summed E-state index contributed by atoms with van der Waals surface area (Å²) in [6.07, 6.45) is 1.03. The van der Waals surface area contributed by atoms with Crippen molar-refractivity contribution in [2.75, 3.05) is 12.9 Å². The minimum atomic E-state index is -0.780. The first-order chi connectivity index (χ1) is 8.52. The molecule has 0 bridgehead atoms. The Hall–Kier alpha value is -1.08. The van der Waals surface area contributed by atoms with Crippen LogP contribution in [0.5, 0.6) is 0 Å². The fourth-order valence-corrected chi connectivity index (χ4v) is 3.44. The van der Waals surface area contributed by atoms with Gasteiger partial charge in [0.05, 0.1) is 19.2 Å². The topological polar surface area (TPSA) is 76.5 Å². The molecule has 0 unspecified atom stereocenters. The molecular weight excluding hydrogens is 274 g/mol.